The highest BCUT2D eigenvalue weighted by Crippen LogP contribution is 2.38. The summed E-state index contributed by atoms with van der Waals surface area (Å²) in [4.78, 5) is 58.4. The standard InChI is InChI=1S/C21H20ClF3N2O6.C8H5ClO3/c1-20(2,3)32-19(31)11-8-6-7-10(14(11)22)15-13(18(29)30)16(33-26-15)12(9-27(4)5)17(28)21(23,24)25;9-7-5(4-10)2-1-3-6(7)8(11)12/h6-9H,1-5H3,(H,29,30);1-4H,(H,11,12)/b12-9-;. The summed E-state index contributed by atoms with van der Waals surface area (Å²) in [7, 11) is 2.67. The van der Waals surface area contributed by atoms with E-state index in [0.717, 1.165) is 11.1 Å². The number of hydrogen-bond acceptors (Lipinski definition) is 9. The molecule has 0 aliphatic rings. The molecule has 3 aromatic rings. The third-order valence-electron chi connectivity index (χ3n) is 5.30. The maximum absolute atomic E-state index is 13.1. The smallest absolute Gasteiger partial charge is 0.455 e. The van der Waals surface area contributed by atoms with Gasteiger partial charge in [-0.2, -0.15) is 13.2 Å². The van der Waals surface area contributed by atoms with Gasteiger partial charge in [-0.05, 0) is 32.9 Å². The summed E-state index contributed by atoms with van der Waals surface area (Å²) in [6, 6.07) is 8.26. The number of aromatic carboxylic acids is 2. The fourth-order valence-electron chi connectivity index (χ4n) is 3.50. The van der Waals surface area contributed by atoms with E-state index >= 15 is 0 Å². The van der Waals surface area contributed by atoms with Crippen LogP contribution in [0.5, 0.6) is 0 Å². The number of esters is 1. The van der Waals surface area contributed by atoms with Gasteiger partial charge in [-0.1, -0.05) is 52.6 Å². The molecule has 1 aromatic heterocycles. The van der Waals surface area contributed by atoms with Crippen molar-refractivity contribution in [1.82, 2.24) is 10.1 Å². The summed E-state index contributed by atoms with van der Waals surface area (Å²) in [6.45, 7) is 4.89. The first-order chi connectivity index (χ1) is 20.7. The van der Waals surface area contributed by atoms with Gasteiger partial charge in [0.15, 0.2) is 12.0 Å². The molecule has 0 bridgehead atoms. The molecule has 2 aromatic carbocycles. The molecule has 0 aliphatic heterocycles. The van der Waals surface area contributed by atoms with E-state index < -0.39 is 58.1 Å². The first-order valence-electron chi connectivity index (χ1n) is 12.4. The van der Waals surface area contributed by atoms with E-state index in [9.17, 15) is 42.3 Å². The number of rotatable bonds is 8. The number of ketones is 1. The fraction of sp³-hybridized carbons (Fsp3) is 0.241. The van der Waals surface area contributed by atoms with Crippen molar-refractivity contribution in [3.05, 3.63) is 80.7 Å². The van der Waals surface area contributed by atoms with Gasteiger partial charge in [0.2, 0.25) is 0 Å². The molecule has 0 fully saturated rings. The maximum Gasteiger partial charge on any atom is 0.455 e. The number of nitrogens with zero attached hydrogens (tertiary/aromatic N) is 2. The molecule has 1 heterocycles. The Balaban J connectivity index is 0.000000490. The molecular weight excluding hydrogens is 648 g/mol. The van der Waals surface area contributed by atoms with Gasteiger partial charge in [0, 0.05) is 31.4 Å². The van der Waals surface area contributed by atoms with Gasteiger partial charge in [0.25, 0.3) is 5.78 Å². The monoisotopic (exact) mass is 672 g/mol. The summed E-state index contributed by atoms with van der Waals surface area (Å²) in [5.74, 6) is -6.90. The minimum Gasteiger partial charge on any atom is -0.478 e. The van der Waals surface area contributed by atoms with Gasteiger partial charge in [-0.15, -0.1) is 0 Å². The molecule has 11 nitrogen and oxygen atoms in total. The Bertz CT molecular complexity index is 1670. The van der Waals surface area contributed by atoms with E-state index in [0.29, 0.717) is 6.29 Å². The summed E-state index contributed by atoms with van der Waals surface area (Å²) in [5.41, 5.74) is -3.32. The molecule has 0 unspecified atom stereocenters. The van der Waals surface area contributed by atoms with Crippen molar-refractivity contribution < 1.29 is 56.6 Å². The minimum atomic E-state index is -5.31. The van der Waals surface area contributed by atoms with Crippen LogP contribution in [0.1, 0.15) is 68.0 Å². The second kappa shape index (κ2) is 14.4. The molecule has 16 heteroatoms. The molecule has 0 aliphatic carbocycles. The highest BCUT2D eigenvalue weighted by atomic mass is 35.5. The maximum atomic E-state index is 13.1. The quantitative estimate of drug-likeness (QED) is 0.152. The van der Waals surface area contributed by atoms with Crippen LogP contribution in [0, 0.1) is 0 Å². The number of carbonyl (C=O) groups excluding carboxylic acids is 3. The van der Waals surface area contributed by atoms with Crippen molar-refractivity contribution in [2.75, 3.05) is 14.1 Å². The Labute approximate surface area is 263 Å². The van der Waals surface area contributed by atoms with Crippen LogP contribution in [0.4, 0.5) is 13.2 Å². The topological polar surface area (TPSA) is 164 Å². The van der Waals surface area contributed by atoms with Gasteiger partial charge < -0.3 is 24.4 Å². The Morgan fingerprint density at radius 3 is 2.00 bits per heavy atom. The average molecular weight is 673 g/mol. The first kappa shape index (κ1) is 36.5. The van der Waals surface area contributed by atoms with Crippen LogP contribution in [0.15, 0.2) is 47.1 Å². The number of Topliss-reactive ketones (excluding diaryl/α,β-unsaturated/α-hetero) is 1. The first-order valence-corrected chi connectivity index (χ1v) is 13.2. The lowest BCUT2D eigenvalue weighted by Gasteiger charge is -2.20. The van der Waals surface area contributed by atoms with Crippen LogP contribution in [0.25, 0.3) is 16.8 Å². The van der Waals surface area contributed by atoms with Crippen molar-refractivity contribution in [3.8, 4) is 11.3 Å². The Morgan fingerprint density at radius 1 is 0.933 bits per heavy atom. The van der Waals surface area contributed by atoms with E-state index in [1.54, 1.807) is 20.8 Å². The zero-order valence-electron chi connectivity index (χ0n) is 24.2. The second-order valence-corrected chi connectivity index (χ2v) is 10.9. The number of halogens is 5. The number of hydrogen-bond donors (Lipinski definition) is 2. The zero-order chi connectivity index (χ0) is 34.4. The predicted molar refractivity (Wildman–Crippen MR) is 156 cm³/mol. The van der Waals surface area contributed by atoms with Crippen LogP contribution in [0.3, 0.4) is 0 Å². The van der Waals surface area contributed by atoms with Gasteiger partial charge in [-0.25, -0.2) is 14.4 Å². The molecule has 45 heavy (non-hydrogen) atoms. The summed E-state index contributed by atoms with van der Waals surface area (Å²) in [6.07, 6.45) is -4.01. The van der Waals surface area contributed by atoms with Crippen LogP contribution in [-0.2, 0) is 9.53 Å². The normalized spacial score (nSPS) is 11.6. The number of aromatic nitrogens is 1. The number of aldehydes is 1. The zero-order valence-corrected chi connectivity index (χ0v) is 25.7. The number of carbonyl (C=O) groups is 5. The average Bonchev–Trinajstić information content (AvgIpc) is 3.35. The van der Waals surface area contributed by atoms with E-state index in [1.807, 2.05) is 0 Å². The lowest BCUT2D eigenvalue weighted by Crippen LogP contribution is -2.25. The van der Waals surface area contributed by atoms with Gasteiger partial charge in [0.05, 0.1) is 26.7 Å². The van der Waals surface area contributed by atoms with E-state index in [2.05, 4.69) is 5.16 Å². The number of ether oxygens (including phenoxy) is 1. The van der Waals surface area contributed by atoms with Crippen molar-refractivity contribution in [3.63, 3.8) is 0 Å². The number of alkyl halides is 3. The summed E-state index contributed by atoms with van der Waals surface area (Å²) >= 11 is 11.9. The molecular formula is C29H25Cl2F3N2O9. The number of allylic oxidation sites excluding steroid dienone is 1. The summed E-state index contributed by atoms with van der Waals surface area (Å²) < 4.78 is 49.6. The van der Waals surface area contributed by atoms with E-state index in [1.165, 1.54) is 50.5 Å². The molecule has 0 radical (unpaired) electrons. The van der Waals surface area contributed by atoms with Crippen LogP contribution < -0.4 is 0 Å². The Kier molecular flexibility index (Phi) is 11.7. The lowest BCUT2D eigenvalue weighted by molar-refractivity contribution is -0.164. The number of carboxylic acids is 2. The Hall–Kier alpha value is -4.69. The van der Waals surface area contributed by atoms with Crippen LogP contribution >= 0.6 is 23.2 Å². The molecule has 0 spiro atoms. The molecule has 0 saturated heterocycles. The van der Waals surface area contributed by atoms with Gasteiger partial charge in [0.1, 0.15) is 16.9 Å². The molecule has 0 amide bonds. The highest BCUT2D eigenvalue weighted by Gasteiger charge is 2.44. The van der Waals surface area contributed by atoms with Crippen molar-refractivity contribution in [2.24, 2.45) is 0 Å². The van der Waals surface area contributed by atoms with Gasteiger partial charge in [-0.3, -0.25) is 9.59 Å². The van der Waals surface area contributed by atoms with Crippen LogP contribution in [0.2, 0.25) is 10.0 Å². The molecule has 3 rings (SSSR count). The molecule has 0 saturated carbocycles. The van der Waals surface area contributed by atoms with Crippen molar-refractivity contribution in [2.45, 2.75) is 32.5 Å². The number of benzene rings is 2. The number of carboxylic acid groups (broad SMARTS) is 2. The fourth-order valence-corrected chi connectivity index (χ4v) is 4.04. The predicted octanol–water partition coefficient (Wildman–Crippen LogP) is 6.53. The SMILES string of the molecule is CN(C)/C=C(\C(=O)C(F)(F)F)c1onc(-c2cccc(C(=O)OC(C)(C)C)c2Cl)c1C(=O)O.O=Cc1cccc(C(=O)O)c1Cl. The van der Waals surface area contributed by atoms with Crippen LogP contribution in [-0.4, -0.2) is 76.1 Å². The Morgan fingerprint density at radius 2 is 1.51 bits per heavy atom. The van der Waals surface area contributed by atoms with Crippen molar-refractivity contribution >= 4 is 58.8 Å². The highest BCUT2D eigenvalue weighted by molar-refractivity contribution is 6.36. The van der Waals surface area contributed by atoms with Gasteiger partial charge >= 0.3 is 24.1 Å². The molecule has 0 atom stereocenters. The minimum absolute atomic E-state index is 0.0139. The molecule has 240 valence electrons. The van der Waals surface area contributed by atoms with Crippen molar-refractivity contribution in [1.29, 1.82) is 0 Å². The van der Waals surface area contributed by atoms with E-state index in [4.69, 9.17) is 37.6 Å². The summed E-state index contributed by atoms with van der Waals surface area (Å²) in [5, 5.41) is 21.6. The van der Waals surface area contributed by atoms with E-state index in [-0.39, 0.29) is 32.3 Å². The molecule has 2 N–H and O–H groups in total. The second-order valence-electron chi connectivity index (χ2n) is 10.2. The third-order valence-corrected chi connectivity index (χ3v) is 6.13. The third kappa shape index (κ3) is 9.16. The lowest BCUT2D eigenvalue weighted by atomic mass is 9.99. The largest absolute Gasteiger partial charge is 0.478 e.